The van der Waals surface area contributed by atoms with Crippen molar-refractivity contribution in [1.82, 2.24) is 9.97 Å². The molecular weight excluding hydrogens is 270 g/mol. The first kappa shape index (κ1) is 15.4. The van der Waals surface area contributed by atoms with Gasteiger partial charge in [0.2, 0.25) is 0 Å². The molecule has 1 aromatic rings. The Bertz CT molecular complexity index is 427. The maximum Gasteiger partial charge on any atom is 0.191 e. The lowest BCUT2D eigenvalue weighted by Crippen LogP contribution is -2.38. The van der Waals surface area contributed by atoms with E-state index < -0.39 is 0 Å². The van der Waals surface area contributed by atoms with E-state index in [1.54, 1.807) is 0 Å². The molecule has 0 spiro atoms. The minimum Gasteiger partial charge on any atom is -0.356 e. The number of nitrogens with zero attached hydrogens (tertiary/aromatic N) is 3. The van der Waals surface area contributed by atoms with E-state index in [0.29, 0.717) is 11.2 Å². The lowest BCUT2D eigenvalue weighted by Gasteiger charge is -2.39. The standard InChI is InChI=1S/C14H25N5S/c1-14(2,3)10-5-7-19(8-6-10)12-9-11(18-15)16-13(17-12)20-4/h9-10H,5-8,15H2,1-4H3,(H,16,17,18). The van der Waals surface area contributed by atoms with Crippen LogP contribution in [-0.4, -0.2) is 29.3 Å². The molecule has 0 radical (unpaired) electrons. The molecule has 3 N–H and O–H groups in total. The summed E-state index contributed by atoms with van der Waals surface area (Å²) in [6.07, 6.45) is 4.41. The molecule has 1 aliphatic heterocycles. The van der Waals surface area contributed by atoms with Gasteiger partial charge < -0.3 is 10.3 Å². The van der Waals surface area contributed by atoms with Crippen molar-refractivity contribution in [2.24, 2.45) is 17.2 Å². The molecule has 1 saturated heterocycles. The SMILES string of the molecule is CSc1nc(NN)cc(N2CCC(C(C)(C)C)CC2)n1. The van der Waals surface area contributed by atoms with Crippen LogP contribution in [-0.2, 0) is 0 Å². The van der Waals surface area contributed by atoms with Gasteiger partial charge in [-0.2, -0.15) is 0 Å². The van der Waals surface area contributed by atoms with E-state index in [1.807, 2.05) is 12.3 Å². The van der Waals surface area contributed by atoms with Crippen LogP contribution >= 0.6 is 11.8 Å². The minimum atomic E-state index is 0.395. The Labute approximate surface area is 125 Å². The lowest BCUT2D eigenvalue weighted by molar-refractivity contribution is 0.198. The van der Waals surface area contributed by atoms with Gasteiger partial charge in [0, 0.05) is 19.2 Å². The summed E-state index contributed by atoms with van der Waals surface area (Å²) in [6.45, 7) is 9.11. The Morgan fingerprint density at radius 3 is 2.45 bits per heavy atom. The van der Waals surface area contributed by atoms with Gasteiger partial charge in [0.1, 0.15) is 11.6 Å². The number of anilines is 2. The second-order valence-corrected chi connectivity index (χ2v) is 7.14. The number of nitrogens with one attached hydrogen (secondary N) is 1. The van der Waals surface area contributed by atoms with Gasteiger partial charge >= 0.3 is 0 Å². The Morgan fingerprint density at radius 1 is 1.30 bits per heavy atom. The first-order chi connectivity index (χ1) is 9.44. The largest absolute Gasteiger partial charge is 0.356 e. The molecule has 0 aliphatic carbocycles. The van der Waals surface area contributed by atoms with E-state index in [9.17, 15) is 0 Å². The van der Waals surface area contributed by atoms with Crippen LogP contribution < -0.4 is 16.2 Å². The molecule has 20 heavy (non-hydrogen) atoms. The summed E-state index contributed by atoms with van der Waals surface area (Å²) in [5.74, 6) is 7.92. The molecule has 2 rings (SSSR count). The summed E-state index contributed by atoms with van der Waals surface area (Å²) in [5.41, 5.74) is 3.02. The fourth-order valence-electron chi connectivity index (χ4n) is 2.71. The maximum absolute atomic E-state index is 5.48. The summed E-state index contributed by atoms with van der Waals surface area (Å²) < 4.78 is 0. The van der Waals surface area contributed by atoms with Gasteiger partial charge in [0.05, 0.1) is 0 Å². The Balaban J connectivity index is 2.10. The zero-order chi connectivity index (χ0) is 14.8. The molecule has 112 valence electrons. The lowest BCUT2D eigenvalue weighted by atomic mass is 9.75. The highest BCUT2D eigenvalue weighted by Crippen LogP contribution is 2.35. The summed E-state index contributed by atoms with van der Waals surface area (Å²) in [5, 5.41) is 0.758. The molecule has 2 heterocycles. The minimum absolute atomic E-state index is 0.395. The van der Waals surface area contributed by atoms with Crippen molar-refractivity contribution >= 4 is 23.4 Å². The van der Waals surface area contributed by atoms with Crippen LogP contribution in [0, 0.1) is 11.3 Å². The summed E-state index contributed by atoms with van der Waals surface area (Å²) in [6, 6.07) is 1.93. The Hall–Kier alpha value is -1.01. The Morgan fingerprint density at radius 2 is 1.95 bits per heavy atom. The number of nitrogen functional groups attached to an aromatic ring is 1. The molecule has 0 saturated carbocycles. The highest BCUT2D eigenvalue weighted by Gasteiger charge is 2.29. The molecule has 0 bridgehead atoms. The van der Waals surface area contributed by atoms with Gasteiger partial charge in [-0.15, -0.1) is 0 Å². The van der Waals surface area contributed by atoms with Gasteiger partial charge in [-0.1, -0.05) is 32.5 Å². The van der Waals surface area contributed by atoms with Crippen LogP contribution in [0.4, 0.5) is 11.6 Å². The molecule has 0 atom stereocenters. The summed E-state index contributed by atoms with van der Waals surface area (Å²) in [7, 11) is 0. The fourth-order valence-corrected chi connectivity index (χ4v) is 3.09. The first-order valence-electron chi connectivity index (χ1n) is 7.08. The Kier molecular flexibility index (Phi) is 4.75. The van der Waals surface area contributed by atoms with E-state index in [4.69, 9.17) is 5.84 Å². The van der Waals surface area contributed by atoms with Gasteiger partial charge in [-0.05, 0) is 30.4 Å². The molecule has 0 unspecified atom stereocenters. The van der Waals surface area contributed by atoms with Crippen molar-refractivity contribution in [3.63, 3.8) is 0 Å². The second kappa shape index (κ2) is 6.18. The van der Waals surface area contributed by atoms with Gasteiger partial charge in [0.25, 0.3) is 0 Å². The molecule has 1 aromatic heterocycles. The summed E-state index contributed by atoms with van der Waals surface area (Å²) in [4.78, 5) is 11.2. The zero-order valence-corrected chi connectivity index (χ0v) is 13.6. The van der Waals surface area contributed by atoms with Crippen molar-refractivity contribution in [3.05, 3.63) is 6.07 Å². The number of hydrogen-bond acceptors (Lipinski definition) is 6. The third-order valence-corrected chi connectivity index (χ3v) is 4.61. The quantitative estimate of drug-likeness (QED) is 0.387. The fraction of sp³-hybridized carbons (Fsp3) is 0.714. The average molecular weight is 295 g/mol. The van der Waals surface area contributed by atoms with Crippen LogP contribution in [0.5, 0.6) is 0 Å². The third kappa shape index (κ3) is 3.55. The molecule has 0 aromatic carbocycles. The number of rotatable bonds is 3. The van der Waals surface area contributed by atoms with Crippen LogP contribution in [0.15, 0.2) is 11.2 Å². The number of nitrogens with two attached hydrogens (primary N) is 1. The number of aromatic nitrogens is 2. The monoisotopic (exact) mass is 295 g/mol. The van der Waals surface area contributed by atoms with E-state index in [2.05, 4.69) is 41.1 Å². The zero-order valence-electron chi connectivity index (χ0n) is 12.8. The predicted molar refractivity (Wildman–Crippen MR) is 86.0 cm³/mol. The number of thioether (sulfide) groups is 1. The molecule has 1 aliphatic rings. The second-order valence-electron chi connectivity index (χ2n) is 6.37. The molecule has 0 amide bonds. The van der Waals surface area contributed by atoms with Crippen LogP contribution in [0.25, 0.3) is 0 Å². The van der Waals surface area contributed by atoms with Crippen molar-refractivity contribution in [1.29, 1.82) is 0 Å². The highest BCUT2D eigenvalue weighted by molar-refractivity contribution is 7.98. The normalized spacial score (nSPS) is 17.4. The van der Waals surface area contributed by atoms with Crippen molar-refractivity contribution in [2.75, 3.05) is 29.7 Å². The van der Waals surface area contributed by atoms with Crippen molar-refractivity contribution in [2.45, 2.75) is 38.8 Å². The smallest absolute Gasteiger partial charge is 0.191 e. The van der Waals surface area contributed by atoms with Crippen molar-refractivity contribution < 1.29 is 0 Å². The van der Waals surface area contributed by atoms with Crippen LogP contribution in [0.1, 0.15) is 33.6 Å². The number of hydrogen-bond donors (Lipinski definition) is 2. The van der Waals surface area contributed by atoms with Crippen LogP contribution in [0.2, 0.25) is 0 Å². The average Bonchev–Trinajstić information content (AvgIpc) is 2.46. The molecule has 5 nitrogen and oxygen atoms in total. The predicted octanol–water partition coefficient (Wildman–Crippen LogP) is 2.75. The van der Waals surface area contributed by atoms with E-state index in [1.165, 1.54) is 24.6 Å². The van der Waals surface area contributed by atoms with Crippen LogP contribution in [0.3, 0.4) is 0 Å². The molecule has 6 heteroatoms. The maximum atomic E-state index is 5.48. The number of piperidine rings is 1. The first-order valence-corrected chi connectivity index (χ1v) is 8.31. The third-order valence-electron chi connectivity index (χ3n) is 4.07. The molecule has 1 fully saturated rings. The van der Waals surface area contributed by atoms with E-state index >= 15 is 0 Å². The van der Waals surface area contributed by atoms with E-state index in [-0.39, 0.29) is 0 Å². The number of hydrazine groups is 1. The highest BCUT2D eigenvalue weighted by atomic mass is 32.2. The van der Waals surface area contributed by atoms with Gasteiger partial charge in [0.15, 0.2) is 5.16 Å². The molecular formula is C14H25N5S. The van der Waals surface area contributed by atoms with E-state index in [0.717, 1.165) is 30.0 Å². The van der Waals surface area contributed by atoms with Gasteiger partial charge in [-0.25, -0.2) is 15.8 Å². The summed E-state index contributed by atoms with van der Waals surface area (Å²) >= 11 is 1.54. The topological polar surface area (TPSA) is 67.1 Å². The van der Waals surface area contributed by atoms with Crippen molar-refractivity contribution in [3.8, 4) is 0 Å². The van der Waals surface area contributed by atoms with Gasteiger partial charge in [-0.3, -0.25) is 0 Å².